The fraction of sp³-hybridized carbons (Fsp3) is 0.529. The standard InChI is InChI=1S/C17H24N2O4/c1-3-15(23-14-6-4-5-13(11-14)22-2)17(21)19-9-7-12(8-10-19)16(18)20/h4-6,11-12,15H,3,7-10H2,1-2H3,(H2,18,20). The van der Waals surface area contributed by atoms with Crippen LogP contribution in [0.5, 0.6) is 11.5 Å². The molecular formula is C17H24N2O4. The average molecular weight is 320 g/mol. The van der Waals surface area contributed by atoms with E-state index < -0.39 is 6.10 Å². The van der Waals surface area contributed by atoms with Gasteiger partial charge in [0, 0.05) is 25.1 Å². The molecule has 2 rings (SSSR count). The zero-order valence-corrected chi connectivity index (χ0v) is 13.7. The normalized spacial score (nSPS) is 16.7. The second-order valence-electron chi connectivity index (χ2n) is 5.70. The van der Waals surface area contributed by atoms with Crippen LogP contribution >= 0.6 is 0 Å². The lowest BCUT2D eigenvalue weighted by Gasteiger charge is -2.33. The molecule has 1 aromatic carbocycles. The number of methoxy groups -OCH3 is 1. The van der Waals surface area contributed by atoms with Gasteiger partial charge in [0.15, 0.2) is 6.10 Å². The van der Waals surface area contributed by atoms with E-state index >= 15 is 0 Å². The molecule has 1 atom stereocenters. The summed E-state index contributed by atoms with van der Waals surface area (Å²) in [6.45, 7) is 3.01. The first-order valence-electron chi connectivity index (χ1n) is 7.94. The molecule has 1 heterocycles. The van der Waals surface area contributed by atoms with Crippen molar-refractivity contribution in [3.63, 3.8) is 0 Å². The molecule has 1 aliphatic heterocycles. The summed E-state index contributed by atoms with van der Waals surface area (Å²) in [5.74, 6) is 0.845. The zero-order chi connectivity index (χ0) is 16.8. The number of nitrogens with zero attached hydrogens (tertiary/aromatic N) is 1. The number of piperidine rings is 1. The van der Waals surface area contributed by atoms with Crippen molar-refractivity contribution in [3.05, 3.63) is 24.3 Å². The minimum absolute atomic E-state index is 0.0433. The maximum Gasteiger partial charge on any atom is 0.263 e. The highest BCUT2D eigenvalue weighted by atomic mass is 16.5. The van der Waals surface area contributed by atoms with E-state index in [1.165, 1.54) is 0 Å². The highest BCUT2D eigenvalue weighted by Gasteiger charge is 2.30. The van der Waals surface area contributed by atoms with E-state index in [-0.39, 0.29) is 17.7 Å². The molecule has 1 aromatic rings. The molecular weight excluding hydrogens is 296 g/mol. The molecule has 23 heavy (non-hydrogen) atoms. The summed E-state index contributed by atoms with van der Waals surface area (Å²) in [5.41, 5.74) is 5.33. The van der Waals surface area contributed by atoms with Gasteiger partial charge in [-0.25, -0.2) is 0 Å². The van der Waals surface area contributed by atoms with E-state index in [1.54, 1.807) is 24.1 Å². The molecule has 1 unspecified atom stereocenters. The van der Waals surface area contributed by atoms with Crippen LogP contribution in [0.3, 0.4) is 0 Å². The predicted molar refractivity (Wildman–Crippen MR) is 86.2 cm³/mol. The summed E-state index contributed by atoms with van der Waals surface area (Å²) in [5, 5.41) is 0. The molecule has 126 valence electrons. The number of nitrogens with two attached hydrogens (primary N) is 1. The number of hydrogen-bond donors (Lipinski definition) is 1. The first-order valence-corrected chi connectivity index (χ1v) is 7.94. The van der Waals surface area contributed by atoms with Gasteiger partial charge < -0.3 is 20.1 Å². The number of primary amides is 1. The van der Waals surface area contributed by atoms with Crippen molar-refractivity contribution in [2.45, 2.75) is 32.3 Å². The van der Waals surface area contributed by atoms with Crippen LogP contribution in [0, 0.1) is 5.92 Å². The Morgan fingerprint density at radius 2 is 1.96 bits per heavy atom. The SMILES string of the molecule is CCC(Oc1cccc(OC)c1)C(=O)N1CCC(C(N)=O)CC1. The van der Waals surface area contributed by atoms with Crippen molar-refractivity contribution in [1.82, 2.24) is 4.90 Å². The third-order valence-corrected chi connectivity index (χ3v) is 4.17. The Kier molecular flexibility index (Phi) is 5.84. The Morgan fingerprint density at radius 3 is 2.52 bits per heavy atom. The summed E-state index contributed by atoms with van der Waals surface area (Å²) in [6, 6.07) is 7.21. The maximum atomic E-state index is 12.6. The predicted octanol–water partition coefficient (Wildman–Crippen LogP) is 1.58. The third kappa shape index (κ3) is 4.37. The van der Waals surface area contributed by atoms with Crippen molar-refractivity contribution in [3.8, 4) is 11.5 Å². The summed E-state index contributed by atoms with van der Waals surface area (Å²) >= 11 is 0. The first-order chi connectivity index (χ1) is 11.0. The minimum atomic E-state index is -0.535. The number of likely N-dealkylation sites (tertiary alicyclic amines) is 1. The van der Waals surface area contributed by atoms with Crippen LogP contribution in [0.25, 0.3) is 0 Å². The summed E-state index contributed by atoms with van der Waals surface area (Å²) in [7, 11) is 1.59. The topological polar surface area (TPSA) is 81.9 Å². The van der Waals surface area contributed by atoms with Gasteiger partial charge in [0.25, 0.3) is 5.91 Å². The second kappa shape index (κ2) is 7.85. The molecule has 0 aliphatic carbocycles. The number of carbonyl (C=O) groups is 2. The van der Waals surface area contributed by atoms with Crippen molar-refractivity contribution >= 4 is 11.8 Å². The van der Waals surface area contributed by atoms with Gasteiger partial charge in [-0.2, -0.15) is 0 Å². The largest absolute Gasteiger partial charge is 0.497 e. The smallest absolute Gasteiger partial charge is 0.263 e. The zero-order valence-electron chi connectivity index (χ0n) is 13.7. The van der Waals surface area contributed by atoms with Gasteiger partial charge in [-0.1, -0.05) is 13.0 Å². The lowest BCUT2D eigenvalue weighted by atomic mass is 9.96. The van der Waals surface area contributed by atoms with E-state index in [4.69, 9.17) is 15.2 Å². The molecule has 1 fully saturated rings. The minimum Gasteiger partial charge on any atom is -0.497 e. The quantitative estimate of drug-likeness (QED) is 0.862. The van der Waals surface area contributed by atoms with Crippen LogP contribution in [0.4, 0.5) is 0 Å². The Bertz CT molecular complexity index is 553. The van der Waals surface area contributed by atoms with E-state index in [2.05, 4.69) is 0 Å². The Balaban J connectivity index is 1.97. The monoisotopic (exact) mass is 320 g/mol. The highest BCUT2D eigenvalue weighted by Crippen LogP contribution is 2.23. The van der Waals surface area contributed by atoms with Gasteiger partial charge in [-0.3, -0.25) is 9.59 Å². The fourth-order valence-corrected chi connectivity index (χ4v) is 2.74. The lowest BCUT2D eigenvalue weighted by Crippen LogP contribution is -2.47. The molecule has 2 N–H and O–H groups in total. The van der Waals surface area contributed by atoms with E-state index in [9.17, 15) is 9.59 Å². The van der Waals surface area contributed by atoms with Gasteiger partial charge in [0.05, 0.1) is 7.11 Å². The molecule has 6 nitrogen and oxygen atoms in total. The van der Waals surface area contributed by atoms with Gasteiger partial charge in [-0.15, -0.1) is 0 Å². The van der Waals surface area contributed by atoms with Crippen LogP contribution in [-0.4, -0.2) is 43.0 Å². The molecule has 0 aromatic heterocycles. The Morgan fingerprint density at radius 1 is 1.30 bits per heavy atom. The molecule has 0 saturated carbocycles. The van der Waals surface area contributed by atoms with Gasteiger partial charge >= 0.3 is 0 Å². The third-order valence-electron chi connectivity index (χ3n) is 4.17. The number of ether oxygens (including phenoxy) is 2. The summed E-state index contributed by atoms with van der Waals surface area (Å²) in [6.07, 6.45) is 1.28. The van der Waals surface area contributed by atoms with Crippen LogP contribution in [0.2, 0.25) is 0 Å². The molecule has 6 heteroatoms. The Hall–Kier alpha value is -2.24. The fourth-order valence-electron chi connectivity index (χ4n) is 2.74. The van der Waals surface area contributed by atoms with Crippen molar-refractivity contribution in [2.24, 2.45) is 11.7 Å². The van der Waals surface area contributed by atoms with Gasteiger partial charge in [0.1, 0.15) is 11.5 Å². The summed E-state index contributed by atoms with van der Waals surface area (Å²) < 4.78 is 11.0. The van der Waals surface area contributed by atoms with E-state index in [0.717, 1.165) is 0 Å². The molecule has 1 aliphatic rings. The molecule has 0 spiro atoms. The van der Waals surface area contributed by atoms with Crippen LogP contribution in [0.1, 0.15) is 26.2 Å². The van der Waals surface area contributed by atoms with E-state index in [1.807, 2.05) is 19.1 Å². The number of hydrogen-bond acceptors (Lipinski definition) is 4. The van der Waals surface area contributed by atoms with Crippen LogP contribution in [-0.2, 0) is 9.59 Å². The molecule has 2 amide bonds. The molecule has 1 saturated heterocycles. The van der Waals surface area contributed by atoms with Crippen LogP contribution in [0.15, 0.2) is 24.3 Å². The molecule has 0 radical (unpaired) electrons. The second-order valence-corrected chi connectivity index (χ2v) is 5.70. The highest BCUT2D eigenvalue weighted by molar-refractivity contribution is 5.82. The lowest BCUT2D eigenvalue weighted by molar-refractivity contribution is -0.141. The number of carbonyl (C=O) groups excluding carboxylic acids is 2. The number of amides is 2. The summed E-state index contributed by atoms with van der Waals surface area (Å²) in [4.78, 5) is 25.6. The Labute approximate surface area is 136 Å². The van der Waals surface area contributed by atoms with Crippen molar-refractivity contribution in [1.29, 1.82) is 0 Å². The van der Waals surface area contributed by atoms with Crippen molar-refractivity contribution < 1.29 is 19.1 Å². The van der Waals surface area contributed by atoms with Crippen LogP contribution < -0.4 is 15.2 Å². The van der Waals surface area contributed by atoms with Gasteiger partial charge in [-0.05, 0) is 31.4 Å². The van der Waals surface area contributed by atoms with E-state index in [0.29, 0.717) is 43.9 Å². The maximum absolute atomic E-state index is 12.6. The number of rotatable bonds is 6. The average Bonchev–Trinajstić information content (AvgIpc) is 2.59. The molecule has 0 bridgehead atoms. The number of benzene rings is 1. The first kappa shape index (κ1) is 17.1. The van der Waals surface area contributed by atoms with Gasteiger partial charge in [0.2, 0.25) is 5.91 Å². The van der Waals surface area contributed by atoms with Crippen molar-refractivity contribution in [2.75, 3.05) is 20.2 Å².